The Morgan fingerprint density at radius 1 is 1.25 bits per heavy atom. The number of halogens is 2. The average molecular weight is 178 g/mol. The molecule has 1 saturated carbocycles. The van der Waals surface area contributed by atoms with E-state index in [4.69, 9.17) is 4.74 Å². The molecule has 0 aliphatic heterocycles. The predicted octanol–water partition coefficient (Wildman–Crippen LogP) is 2.85. The lowest BCUT2D eigenvalue weighted by Gasteiger charge is -2.29. The fraction of sp³-hybridized carbons (Fsp3) is 1.00. The normalized spacial score (nSPS) is 19.8. The van der Waals surface area contributed by atoms with E-state index in [1.165, 1.54) is 20.8 Å². The minimum atomic E-state index is -2.71. The molecule has 0 unspecified atom stereocenters. The van der Waals surface area contributed by atoms with Crippen molar-refractivity contribution in [2.45, 2.75) is 45.6 Å². The van der Waals surface area contributed by atoms with Crippen molar-refractivity contribution in [2.75, 3.05) is 6.61 Å². The minimum absolute atomic E-state index is 0.109. The van der Waals surface area contributed by atoms with Crippen molar-refractivity contribution in [3.05, 3.63) is 0 Å². The van der Waals surface area contributed by atoms with Crippen LogP contribution in [0.25, 0.3) is 0 Å². The maximum absolute atomic E-state index is 13.2. The summed E-state index contributed by atoms with van der Waals surface area (Å²) in [5.74, 6) is -2.71. The zero-order valence-corrected chi connectivity index (χ0v) is 7.86. The van der Waals surface area contributed by atoms with Crippen molar-refractivity contribution < 1.29 is 13.5 Å². The van der Waals surface area contributed by atoms with E-state index in [9.17, 15) is 8.78 Å². The molecule has 1 aliphatic carbocycles. The summed E-state index contributed by atoms with van der Waals surface area (Å²) in [6, 6.07) is 0. The third kappa shape index (κ3) is 2.41. The Kier molecular flexibility index (Phi) is 2.43. The SMILES string of the molecule is CC(C)(C)C(F)(F)COC1CC1. The molecular weight excluding hydrogens is 162 g/mol. The molecule has 0 atom stereocenters. The Balaban J connectivity index is 2.35. The first kappa shape index (κ1) is 9.90. The molecule has 0 heterocycles. The highest BCUT2D eigenvalue weighted by molar-refractivity contribution is 4.83. The van der Waals surface area contributed by atoms with Crippen LogP contribution in [0.5, 0.6) is 0 Å². The molecule has 12 heavy (non-hydrogen) atoms. The minimum Gasteiger partial charge on any atom is -0.372 e. The Morgan fingerprint density at radius 3 is 2.08 bits per heavy atom. The van der Waals surface area contributed by atoms with Gasteiger partial charge in [-0.3, -0.25) is 0 Å². The van der Waals surface area contributed by atoms with Crippen LogP contribution >= 0.6 is 0 Å². The van der Waals surface area contributed by atoms with Gasteiger partial charge < -0.3 is 4.74 Å². The van der Waals surface area contributed by atoms with E-state index in [2.05, 4.69) is 0 Å². The molecule has 0 N–H and O–H groups in total. The Morgan fingerprint density at radius 2 is 1.75 bits per heavy atom. The van der Waals surface area contributed by atoms with Crippen molar-refractivity contribution in [3.63, 3.8) is 0 Å². The van der Waals surface area contributed by atoms with Crippen LogP contribution in [0.4, 0.5) is 8.78 Å². The maximum Gasteiger partial charge on any atom is 0.275 e. The first-order valence-electron chi connectivity index (χ1n) is 4.32. The Hall–Kier alpha value is -0.180. The number of ether oxygens (including phenoxy) is 1. The van der Waals surface area contributed by atoms with Crippen LogP contribution in [-0.4, -0.2) is 18.6 Å². The van der Waals surface area contributed by atoms with Crippen LogP contribution < -0.4 is 0 Å². The molecule has 0 spiro atoms. The van der Waals surface area contributed by atoms with Gasteiger partial charge >= 0.3 is 0 Å². The summed E-state index contributed by atoms with van der Waals surface area (Å²) in [7, 11) is 0. The summed E-state index contributed by atoms with van der Waals surface area (Å²) in [5.41, 5.74) is -0.998. The van der Waals surface area contributed by atoms with Crippen molar-refractivity contribution >= 4 is 0 Å². The van der Waals surface area contributed by atoms with Gasteiger partial charge in [-0.1, -0.05) is 20.8 Å². The van der Waals surface area contributed by atoms with Gasteiger partial charge in [-0.15, -0.1) is 0 Å². The quantitative estimate of drug-likeness (QED) is 0.645. The summed E-state index contributed by atoms with van der Waals surface area (Å²) < 4.78 is 31.4. The summed E-state index contributed by atoms with van der Waals surface area (Å²) >= 11 is 0. The molecule has 0 radical (unpaired) electrons. The van der Waals surface area contributed by atoms with Gasteiger partial charge in [0.1, 0.15) is 6.61 Å². The molecule has 0 aromatic rings. The summed E-state index contributed by atoms with van der Waals surface area (Å²) in [6.45, 7) is 4.16. The maximum atomic E-state index is 13.2. The lowest BCUT2D eigenvalue weighted by atomic mass is 9.88. The average Bonchev–Trinajstić information content (AvgIpc) is 2.62. The molecule has 0 amide bonds. The highest BCUT2D eigenvalue weighted by Crippen LogP contribution is 2.37. The predicted molar refractivity (Wildman–Crippen MR) is 43.4 cm³/mol. The molecule has 1 nitrogen and oxygen atoms in total. The highest BCUT2D eigenvalue weighted by Gasteiger charge is 2.44. The third-order valence-electron chi connectivity index (χ3n) is 2.12. The summed E-state index contributed by atoms with van der Waals surface area (Å²) in [6.07, 6.45) is 2.00. The third-order valence-corrected chi connectivity index (χ3v) is 2.12. The summed E-state index contributed by atoms with van der Waals surface area (Å²) in [4.78, 5) is 0. The van der Waals surface area contributed by atoms with E-state index in [1.807, 2.05) is 0 Å². The lowest BCUT2D eigenvalue weighted by molar-refractivity contribution is -0.149. The zero-order chi connectivity index (χ0) is 9.41. The number of rotatable bonds is 3. The lowest BCUT2D eigenvalue weighted by Crippen LogP contribution is -2.38. The Labute approximate surface area is 72.1 Å². The van der Waals surface area contributed by atoms with Gasteiger partial charge in [0.2, 0.25) is 0 Å². The second-order valence-corrected chi connectivity index (χ2v) is 4.46. The van der Waals surface area contributed by atoms with Crippen LogP contribution in [0.15, 0.2) is 0 Å². The monoisotopic (exact) mass is 178 g/mol. The van der Waals surface area contributed by atoms with Gasteiger partial charge in [0.05, 0.1) is 6.10 Å². The summed E-state index contributed by atoms with van der Waals surface area (Å²) in [5, 5.41) is 0. The molecule has 3 heteroatoms. The second-order valence-electron chi connectivity index (χ2n) is 4.46. The second kappa shape index (κ2) is 2.95. The molecule has 72 valence electrons. The largest absolute Gasteiger partial charge is 0.372 e. The van der Waals surface area contributed by atoms with Crippen molar-refractivity contribution in [2.24, 2.45) is 5.41 Å². The van der Waals surface area contributed by atoms with Crippen LogP contribution in [0.3, 0.4) is 0 Å². The van der Waals surface area contributed by atoms with E-state index in [0.29, 0.717) is 0 Å². The van der Waals surface area contributed by atoms with E-state index >= 15 is 0 Å². The van der Waals surface area contributed by atoms with Crippen molar-refractivity contribution in [1.82, 2.24) is 0 Å². The first-order chi connectivity index (χ1) is 5.33. The van der Waals surface area contributed by atoms with E-state index in [1.54, 1.807) is 0 Å². The van der Waals surface area contributed by atoms with Gasteiger partial charge in [-0.2, -0.15) is 0 Å². The molecule has 0 aromatic carbocycles. The van der Waals surface area contributed by atoms with E-state index < -0.39 is 17.9 Å². The first-order valence-corrected chi connectivity index (χ1v) is 4.32. The van der Waals surface area contributed by atoms with Gasteiger partial charge in [-0.25, -0.2) is 8.78 Å². The smallest absolute Gasteiger partial charge is 0.275 e. The highest BCUT2D eigenvalue weighted by atomic mass is 19.3. The van der Waals surface area contributed by atoms with Gasteiger partial charge in [0, 0.05) is 5.41 Å². The number of hydrogen-bond donors (Lipinski definition) is 0. The number of alkyl halides is 2. The molecule has 0 bridgehead atoms. The molecule has 0 saturated heterocycles. The van der Waals surface area contributed by atoms with Crippen LogP contribution in [-0.2, 0) is 4.74 Å². The molecule has 1 aliphatic rings. The van der Waals surface area contributed by atoms with Crippen molar-refractivity contribution in [3.8, 4) is 0 Å². The molecular formula is C9H16F2O. The van der Waals surface area contributed by atoms with Gasteiger partial charge in [0.25, 0.3) is 5.92 Å². The Bertz CT molecular complexity index is 156. The van der Waals surface area contributed by atoms with Gasteiger partial charge in [0.15, 0.2) is 0 Å². The standard InChI is InChI=1S/C9H16F2O/c1-8(2,3)9(10,11)6-12-7-4-5-7/h7H,4-6H2,1-3H3. The van der Waals surface area contributed by atoms with E-state index in [-0.39, 0.29) is 6.10 Å². The van der Waals surface area contributed by atoms with Gasteiger partial charge in [-0.05, 0) is 12.8 Å². The van der Waals surface area contributed by atoms with Crippen LogP contribution in [0.2, 0.25) is 0 Å². The topological polar surface area (TPSA) is 9.23 Å². The van der Waals surface area contributed by atoms with Crippen molar-refractivity contribution in [1.29, 1.82) is 0 Å². The van der Waals surface area contributed by atoms with Crippen LogP contribution in [0, 0.1) is 5.41 Å². The fourth-order valence-electron chi connectivity index (χ4n) is 0.674. The molecule has 0 aromatic heterocycles. The fourth-order valence-corrected chi connectivity index (χ4v) is 0.674. The molecule has 1 fully saturated rings. The number of hydrogen-bond acceptors (Lipinski definition) is 1. The van der Waals surface area contributed by atoms with Crippen LogP contribution in [0.1, 0.15) is 33.6 Å². The zero-order valence-electron chi connectivity index (χ0n) is 7.86. The molecule has 1 rings (SSSR count). The van der Waals surface area contributed by atoms with E-state index in [0.717, 1.165) is 12.8 Å².